The summed E-state index contributed by atoms with van der Waals surface area (Å²) in [5.41, 5.74) is 2.63. The smallest absolute Gasteiger partial charge is 0.152 e. The number of hydrogen-bond acceptors (Lipinski definition) is 4. The molecule has 0 radical (unpaired) electrons. The lowest BCUT2D eigenvalue weighted by molar-refractivity contribution is -0.0127. The van der Waals surface area contributed by atoms with Gasteiger partial charge in [-0.3, -0.25) is 10.3 Å². The molecule has 4 nitrogen and oxygen atoms in total. The lowest BCUT2D eigenvalue weighted by atomic mass is 10.1. The molecule has 0 bridgehead atoms. The van der Waals surface area contributed by atoms with E-state index in [4.69, 9.17) is 28.0 Å². The molecule has 1 aromatic heterocycles. The molecule has 0 saturated carbocycles. The molecule has 2 rings (SSSR count). The number of nitrogens with zero attached hydrogens (tertiary/aromatic N) is 2. The zero-order chi connectivity index (χ0) is 13.3. The van der Waals surface area contributed by atoms with Crippen LogP contribution < -0.4 is 5.48 Å². The zero-order valence-electron chi connectivity index (χ0n) is 10.4. The highest BCUT2D eigenvalue weighted by atomic mass is 35.5. The molecule has 1 unspecified atom stereocenters. The van der Waals surface area contributed by atoms with Crippen LogP contribution in [0.1, 0.15) is 32.6 Å². The number of rotatable bonds is 4. The number of hydroxylamine groups is 1. The first-order valence-electron chi connectivity index (χ1n) is 5.65. The van der Waals surface area contributed by atoms with Crippen molar-refractivity contribution in [3.8, 4) is 0 Å². The predicted molar refractivity (Wildman–Crippen MR) is 75.5 cm³/mol. The van der Waals surface area contributed by atoms with Crippen LogP contribution >= 0.6 is 35.0 Å². The van der Waals surface area contributed by atoms with E-state index < -0.39 is 0 Å². The maximum absolute atomic E-state index is 6.09. The van der Waals surface area contributed by atoms with Crippen LogP contribution in [0.15, 0.2) is 17.2 Å². The van der Waals surface area contributed by atoms with Gasteiger partial charge in [-0.25, -0.2) is 4.68 Å². The zero-order valence-corrected chi connectivity index (χ0v) is 12.7. The highest BCUT2D eigenvalue weighted by molar-refractivity contribution is 8.03. The minimum absolute atomic E-state index is 0.0845. The van der Waals surface area contributed by atoms with Gasteiger partial charge in [-0.05, 0) is 26.3 Å². The van der Waals surface area contributed by atoms with Crippen molar-refractivity contribution in [3.63, 3.8) is 0 Å². The monoisotopic (exact) mass is 307 g/mol. The Morgan fingerprint density at radius 1 is 1.56 bits per heavy atom. The van der Waals surface area contributed by atoms with Gasteiger partial charge in [0.05, 0.1) is 5.03 Å². The SMILES string of the molecule is CCC(SC1=CC(C)(C)ON1)n1nc(Cl)cc1Cl. The van der Waals surface area contributed by atoms with E-state index in [1.54, 1.807) is 22.5 Å². The van der Waals surface area contributed by atoms with Crippen molar-refractivity contribution in [2.45, 2.75) is 38.2 Å². The van der Waals surface area contributed by atoms with Crippen LogP contribution in [-0.4, -0.2) is 15.4 Å². The van der Waals surface area contributed by atoms with Gasteiger partial charge < -0.3 is 0 Å². The molecule has 1 N–H and O–H groups in total. The van der Waals surface area contributed by atoms with Crippen molar-refractivity contribution in [1.29, 1.82) is 0 Å². The average molecular weight is 308 g/mol. The second-order valence-electron chi connectivity index (χ2n) is 4.53. The summed E-state index contributed by atoms with van der Waals surface area (Å²) in [4.78, 5) is 5.42. The topological polar surface area (TPSA) is 39.1 Å². The van der Waals surface area contributed by atoms with Crippen LogP contribution in [0.2, 0.25) is 10.3 Å². The van der Waals surface area contributed by atoms with E-state index in [9.17, 15) is 0 Å². The van der Waals surface area contributed by atoms with Crippen LogP contribution in [-0.2, 0) is 4.84 Å². The number of halogens is 2. The maximum atomic E-state index is 6.09. The van der Waals surface area contributed by atoms with E-state index in [2.05, 4.69) is 17.5 Å². The molecule has 1 aromatic rings. The lowest BCUT2D eigenvalue weighted by Gasteiger charge is -2.16. The Morgan fingerprint density at radius 3 is 2.72 bits per heavy atom. The van der Waals surface area contributed by atoms with E-state index >= 15 is 0 Å². The second kappa shape index (κ2) is 5.33. The summed E-state index contributed by atoms with van der Waals surface area (Å²) in [5.74, 6) is 0. The molecule has 1 aliphatic rings. The standard InChI is InChI=1S/C11H15Cl2N3OS/c1-4-10(16-8(13)5-7(12)14-16)18-9-6-11(2,3)17-15-9/h5-6,10,15H,4H2,1-3H3. The first-order chi connectivity index (χ1) is 8.41. The molecule has 7 heteroatoms. The minimum Gasteiger partial charge on any atom is -0.265 e. The third-order valence-electron chi connectivity index (χ3n) is 2.44. The second-order valence-corrected chi connectivity index (χ2v) is 6.53. The third kappa shape index (κ3) is 3.15. The van der Waals surface area contributed by atoms with Gasteiger partial charge in [0.25, 0.3) is 0 Å². The number of aromatic nitrogens is 2. The van der Waals surface area contributed by atoms with Gasteiger partial charge in [0.15, 0.2) is 5.15 Å². The van der Waals surface area contributed by atoms with E-state index in [-0.39, 0.29) is 11.0 Å². The number of hydrogen-bond donors (Lipinski definition) is 1. The number of nitrogens with one attached hydrogen (secondary N) is 1. The average Bonchev–Trinajstić information content (AvgIpc) is 2.78. The predicted octanol–water partition coefficient (Wildman–Crippen LogP) is 3.99. The summed E-state index contributed by atoms with van der Waals surface area (Å²) in [5, 5.41) is 6.19. The Morgan fingerprint density at radius 2 is 2.28 bits per heavy atom. The highest BCUT2D eigenvalue weighted by Gasteiger charge is 2.26. The van der Waals surface area contributed by atoms with Gasteiger partial charge in [0, 0.05) is 6.07 Å². The molecule has 18 heavy (non-hydrogen) atoms. The fourth-order valence-corrected chi connectivity index (χ4v) is 3.33. The molecule has 100 valence electrons. The quantitative estimate of drug-likeness (QED) is 0.913. The molecule has 0 fully saturated rings. The Bertz CT molecular complexity index is 473. The van der Waals surface area contributed by atoms with Crippen LogP contribution in [0.3, 0.4) is 0 Å². The van der Waals surface area contributed by atoms with Crippen molar-refractivity contribution in [2.75, 3.05) is 0 Å². The molecule has 0 spiro atoms. The van der Waals surface area contributed by atoms with E-state index in [1.807, 2.05) is 19.9 Å². The molecule has 2 heterocycles. The van der Waals surface area contributed by atoms with Gasteiger partial charge in [-0.1, -0.05) is 41.9 Å². The number of thioether (sulfide) groups is 1. The van der Waals surface area contributed by atoms with E-state index in [0.29, 0.717) is 10.3 Å². The van der Waals surface area contributed by atoms with Gasteiger partial charge in [0.2, 0.25) is 0 Å². The van der Waals surface area contributed by atoms with Crippen LogP contribution in [0.5, 0.6) is 0 Å². The molecule has 1 aliphatic heterocycles. The Labute approximate surface area is 121 Å². The summed E-state index contributed by atoms with van der Waals surface area (Å²) in [6.07, 6.45) is 2.92. The first-order valence-corrected chi connectivity index (χ1v) is 7.29. The van der Waals surface area contributed by atoms with Crippen LogP contribution in [0.4, 0.5) is 0 Å². The van der Waals surface area contributed by atoms with Crippen molar-refractivity contribution in [2.24, 2.45) is 0 Å². The summed E-state index contributed by atoms with van der Waals surface area (Å²) < 4.78 is 1.72. The normalized spacial score (nSPS) is 19.5. The van der Waals surface area contributed by atoms with E-state index in [1.165, 1.54) is 0 Å². The molecule has 0 aliphatic carbocycles. The molecular formula is C11H15Cl2N3OS. The van der Waals surface area contributed by atoms with Crippen LogP contribution in [0, 0.1) is 0 Å². The van der Waals surface area contributed by atoms with E-state index in [0.717, 1.165) is 11.4 Å². The maximum Gasteiger partial charge on any atom is 0.152 e. The van der Waals surface area contributed by atoms with Gasteiger partial charge >= 0.3 is 0 Å². The van der Waals surface area contributed by atoms with Crippen LogP contribution in [0.25, 0.3) is 0 Å². The Kier molecular flexibility index (Phi) is 4.16. The first kappa shape index (κ1) is 14.1. The summed E-state index contributed by atoms with van der Waals surface area (Å²) >= 11 is 13.6. The van der Waals surface area contributed by atoms with Crippen molar-refractivity contribution in [3.05, 3.63) is 27.5 Å². The molecule has 0 aromatic carbocycles. The Balaban J connectivity index is 2.14. The third-order valence-corrected chi connectivity index (χ3v) is 4.17. The van der Waals surface area contributed by atoms with Crippen molar-refractivity contribution >= 4 is 35.0 Å². The fraction of sp³-hybridized carbons (Fsp3) is 0.545. The van der Waals surface area contributed by atoms with Crippen molar-refractivity contribution < 1.29 is 4.84 Å². The van der Waals surface area contributed by atoms with Gasteiger partial charge in [0.1, 0.15) is 16.1 Å². The summed E-state index contributed by atoms with van der Waals surface area (Å²) in [6, 6.07) is 1.64. The largest absolute Gasteiger partial charge is 0.265 e. The fourth-order valence-electron chi connectivity index (χ4n) is 1.61. The summed E-state index contributed by atoms with van der Waals surface area (Å²) in [6.45, 7) is 6.06. The van der Waals surface area contributed by atoms with Crippen molar-refractivity contribution in [1.82, 2.24) is 15.3 Å². The Hall–Kier alpha value is -0.360. The van der Waals surface area contributed by atoms with Gasteiger partial charge in [-0.15, -0.1) is 0 Å². The highest BCUT2D eigenvalue weighted by Crippen LogP contribution is 2.37. The molecule has 0 amide bonds. The minimum atomic E-state index is -0.286. The summed E-state index contributed by atoms with van der Waals surface area (Å²) in [7, 11) is 0. The molecule has 0 saturated heterocycles. The molecule has 1 atom stereocenters. The van der Waals surface area contributed by atoms with Gasteiger partial charge in [-0.2, -0.15) is 5.10 Å². The molecular weight excluding hydrogens is 293 g/mol. The lowest BCUT2D eigenvalue weighted by Crippen LogP contribution is -2.20.